The second-order valence-electron chi connectivity index (χ2n) is 9.72. The number of aliphatic carboxylic acids is 2. The Balaban J connectivity index is 0.000000333. The lowest BCUT2D eigenvalue weighted by molar-refractivity contribution is -0.193. The van der Waals surface area contributed by atoms with E-state index in [1.807, 2.05) is 17.0 Å². The maximum absolute atomic E-state index is 12.6. The van der Waals surface area contributed by atoms with E-state index in [4.69, 9.17) is 24.5 Å². The Morgan fingerprint density at radius 2 is 1.50 bits per heavy atom. The Morgan fingerprint density at radius 3 is 1.95 bits per heavy atom. The second-order valence-corrected chi connectivity index (χ2v) is 9.72. The van der Waals surface area contributed by atoms with Crippen LogP contribution in [0.4, 0.5) is 26.3 Å². The molecule has 1 aromatic rings. The van der Waals surface area contributed by atoms with Gasteiger partial charge in [0.1, 0.15) is 0 Å². The van der Waals surface area contributed by atoms with E-state index in [9.17, 15) is 31.1 Å². The minimum atomic E-state index is -5.08. The highest BCUT2D eigenvalue weighted by Gasteiger charge is 2.45. The van der Waals surface area contributed by atoms with E-state index in [1.54, 1.807) is 12.4 Å². The number of carbonyl (C=O) groups is 3. The highest BCUT2D eigenvalue weighted by molar-refractivity contribution is 5.78. The van der Waals surface area contributed by atoms with Gasteiger partial charge >= 0.3 is 24.3 Å². The molecule has 3 fully saturated rings. The Kier molecular flexibility index (Phi) is 11.7. The van der Waals surface area contributed by atoms with Crippen molar-refractivity contribution in [2.75, 3.05) is 52.9 Å². The van der Waals surface area contributed by atoms with Gasteiger partial charge < -0.3 is 24.7 Å². The van der Waals surface area contributed by atoms with Gasteiger partial charge in [-0.15, -0.1) is 0 Å². The number of piperidine rings is 1. The molecule has 40 heavy (non-hydrogen) atoms. The largest absolute Gasteiger partial charge is 0.490 e. The topological polar surface area (TPSA) is 124 Å². The number of nitrogens with zero attached hydrogens (tertiary/aromatic N) is 4. The van der Waals surface area contributed by atoms with Crippen molar-refractivity contribution in [3.63, 3.8) is 0 Å². The highest BCUT2D eigenvalue weighted by Crippen LogP contribution is 2.38. The molecule has 226 valence electrons. The molecule has 1 amide bonds. The molecule has 1 atom stereocenters. The fourth-order valence-corrected chi connectivity index (χ4v) is 4.54. The summed E-state index contributed by atoms with van der Waals surface area (Å²) in [4.78, 5) is 41.5. The zero-order valence-corrected chi connectivity index (χ0v) is 21.7. The molecule has 3 saturated heterocycles. The molecular formula is C24H32F6N4O6. The number of hydrogen-bond donors (Lipinski definition) is 2. The summed E-state index contributed by atoms with van der Waals surface area (Å²) in [6.45, 7) is 7.09. The number of aromatic nitrogens is 1. The van der Waals surface area contributed by atoms with Crippen LogP contribution in [0.15, 0.2) is 24.5 Å². The van der Waals surface area contributed by atoms with Gasteiger partial charge in [0, 0.05) is 57.7 Å². The predicted octanol–water partition coefficient (Wildman–Crippen LogP) is 2.29. The third-order valence-electron chi connectivity index (χ3n) is 6.83. The molecule has 3 aliphatic heterocycles. The molecule has 0 aromatic carbocycles. The summed E-state index contributed by atoms with van der Waals surface area (Å²) >= 11 is 0. The number of halogens is 6. The molecule has 1 unspecified atom stereocenters. The van der Waals surface area contributed by atoms with Crippen molar-refractivity contribution >= 4 is 17.8 Å². The van der Waals surface area contributed by atoms with Crippen LogP contribution in [0.1, 0.15) is 24.8 Å². The minimum absolute atomic E-state index is 0.000895. The fourth-order valence-electron chi connectivity index (χ4n) is 4.54. The summed E-state index contributed by atoms with van der Waals surface area (Å²) in [5, 5.41) is 14.2. The van der Waals surface area contributed by atoms with Gasteiger partial charge in [-0.25, -0.2) is 9.59 Å². The standard InChI is InChI=1S/C20H30N4O2.2C2HF3O2/c1-22-9-11-23(12-10-22)18-14-20(26-16-18)4-7-24(8-5-20)19(25)13-17-3-2-6-21-15-17;2*3-2(4,5)1(6)7/h2-3,6,15,18H,4-5,7-14,16H2,1H3;2*(H,6,7). The first-order chi connectivity index (χ1) is 18.5. The van der Waals surface area contributed by atoms with Crippen LogP contribution < -0.4 is 0 Å². The van der Waals surface area contributed by atoms with Crippen molar-refractivity contribution in [1.82, 2.24) is 19.7 Å². The number of rotatable bonds is 3. The lowest BCUT2D eigenvalue weighted by Crippen LogP contribution is -2.50. The van der Waals surface area contributed by atoms with Crippen molar-refractivity contribution in [3.8, 4) is 0 Å². The second kappa shape index (κ2) is 14.1. The number of carbonyl (C=O) groups excluding carboxylic acids is 1. The zero-order chi connectivity index (χ0) is 30.1. The number of amides is 1. The first-order valence-corrected chi connectivity index (χ1v) is 12.4. The average molecular weight is 587 g/mol. The molecule has 0 aliphatic carbocycles. The molecule has 0 bridgehead atoms. The Morgan fingerprint density at radius 1 is 0.975 bits per heavy atom. The number of likely N-dealkylation sites (tertiary alicyclic amines) is 1. The molecule has 0 saturated carbocycles. The molecule has 2 N–H and O–H groups in total. The summed E-state index contributed by atoms with van der Waals surface area (Å²) in [6.07, 6.45) is -3.13. The van der Waals surface area contributed by atoms with E-state index in [0.29, 0.717) is 12.5 Å². The predicted molar refractivity (Wildman–Crippen MR) is 127 cm³/mol. The number of alkyl halides is 6. The first-order valence-electron chi connectivity index (χ1n) is 12.4. The van der Waals surface area contributed by atoms with Crippen LogP contribution >= 0.6 is 0 Å². The van der Waals surface area contributed by atoms with E-state index in [1.165, 1.54) is 0 Å². The third kappa shape index (κ3) is 10.5. The van der Waals surface area contributed by atoms with E-state index in [-0.39, 0.29) is 11.5 Å². The van der Waals surface area contributed by atoms with Gasteiger partial charge in [0.05, 0.1) is 18.6 Å². The molecule has 16 heteroatoms. The summed E-state index contributed by atoms with van der Waals surface area (Å²) < 4.78 is 69.8. The summed E-state index contributed by atoms with van der Waals surface area (Å²) in [6, 6.07) is 4.41. The molecule has 4 heterocycles. The SMILES string of the molecule is CN1CCN(C2COC3(CCN(C(=O)Cc4cccnc4)CC3)C2)CC1.O=C(O)C(F)(F)F.O=C(O)C(F)(F)F. The maximum atomic E-state index is 12.6. The van der Waals surface area contributed by atoms with Gasteiger partial charge in [-0.05, 0) is 37.9 Å². The lowest BCUT2D eigenvalue weighted by Gasteiger charge is -2.40. The Bertz CT molecular complexity index is 954. The molecule has 1 spiro atoms. The van der Waals surface area contributed by atoms with Crippen LogP contribution in [-0.2, 0) is 25.5 Å². The minimum Gasteiger partial charge on any atom is -0.475 e. The van der Waals surface area contributed by atoms with Gasteiger partial charge in [0.15, 0.2) is 0 Å². The van der Waals surface area contributed by atoms with Crippen molar-refractivity contribution in [1.29, 1.82) is 0 Å². The zero-order valence-electron chi connectivity index (χ0n) is 21.7. The van der Waals surface area contributed by atoms with E-state index < -0.39 is 24.3 Å². The fraction of sp³-hybridized carbons (Fsp3) is 0.667. The number of ether oxygens (including phenoxy) is 1. The number of piperazine rings is 1. The average Bonchev–Trinajstić information content (AvgIpc) is 3.28. The molecule has 1 aromatic heterocycles. The van der Waals surface area contributed by atoms with Crippen LogP contribution in [0.5, 0.6) is 0 Å². The van der Waals surface area contributed by atoms with Crippen LogP contribution in [0.3, 0.4) is 0 Å². The summed E-state index contributed by atoms with van der Waals surface area (Å²) in [5.74, 6) is -5.30. The molecule has 10 nitrogen and oxygen atoms in total. The normalized spacial score (nSPS) is 21.6. The quantitative estimate of drug-likeness (QED) is 0.514. The lowest BCUT2D eigenvalue weighted by atomic mass is 9.86. The van der Waals surface area contributed by atoms with Crippen LogP contribution in [0.25, 0.3) is 0 Å². The van der Waals surface area contributed by atoms with Gasteiger partial charge in [-0.2, -0.15) is 26.3 Å². The van der Waals surface area contributed by atoms with E-state index in [2.05, 4.69) is 21.8 Å². The number of pyridine rings is 1. The van der Waals surface area contributed by atoms with Crippen LogP contribution in [0.2, 0.25) is 0 Å². The Hall–Kier alpha value is -2.98. The summed E-state index contributed by atoms with van der Waals surface area (Å²) in [5.41, 5.74) is 0.990. The maximum Gasteiger partial charge on any atom is 0.490 e. The molecule has 0 radical (unpaired) electrons. The van der Waals surface area contributed by atoms with Crippen molar-refractivity contribution < 1.29 is 55.7 Å². The van der Waals surface area contributed by atoms with Crippen molar-refractivity contribution in [2.45, 2.75) is 49.7 Å². The van der Waals surface area contributed by atoms with Gasteiger partial charge in [-0.3, -0.25) is 14.7 Å². The molecule has 3 aliphatic rings. The Labute approximate surface area is 226 Å². The molecular weight excluding hydrogens is 554 g/mol. The van der Waals surface area contributed by atoms with Gasteiger partial charge in [-0.1, -0.05) is 6.07 Å². The monoisotopic (exact) mass is 586 g/mol. The number of carboxylic acids is 2. The van der Waals surface area contributed by atoms with E-state index in [0.717, 1.165) is 70.7 Å². The smallest absolute Gasteiger partial charge is 0.475 e. The van der Waals surface area contributed by atoms with Crippen molar-refractivity contribution in [3.05, 3.63) is 30.1 Å². The highest BCUT2D eigenvalue weighted by atomic mass is 19.4. The number of carboxylic acid groups (broad SMARTS) is 2. The third-order valence-corrected chi connectivity index (χ3v) is 6.83. The van der Waals surface area contributed by atoms with E-state index >= 15 is 0 Å². The number of likely N-dealkylation sites (N-methyl/N-ethyl adjacent to an activating group) is 1. The van der Waals surface area contributed by atoms with Crippen molar-refractivity contribution in [2.24, 2.45) is 0 Å². The first kappa shape index (κ1) is 33.2. The summed E-state index contributed by atoms with van der Waals surface area (Å²) in [7, 11) is 2.20. The van der Waals surface area contributed by atoms with Gasteiger partial charge in [0.25, 0.3) is 0 Å². The van der Waals surface area contributed by atoms with Crippen LogP contribution in [-0.4, -0.2) is 125 Å². The van der Waals surface area contributed by atoms with Crippen LogP contribution in [0, 0.1) is 0 Å². The van der Waals surface area contributed by atoms with Gasteiger partial charge in [0.2, 0.25) is 5.91 Å². The molecule has 4 rings (SSSR count). The number of hydrogen-bond acceptors (Lipinski definition) is 7.